The highest BCUT2D eigenvalue weighted by molar-refractivity contribution is 5.92. The number of aromatic nitrogens is 2. The number of rotatable bonds is 7. The number of benzene rings is 2. The first-order valence-electron chi connectivity index (χ1n) is 9.89. The lowest BCUT2D eigenvalue weighted by atomic mass is 9.91. The molecule has 0 saturated heterocycles. The second-order valence-electron chi connectivity index (χ2n) is 7.16. The molecule has 2 heterocycles. The Morgan fingerprint density at radius 3 is 2.66 bits per heavy atom. The van der Waals surface area contributed by atoms with Gasteiger partial charge in [-0.05, 0) is 36.2 Å². The van der Waals surface area contributed by atoms with E-state index in [4.69, 9.17) is 9.47 Å². The number of carbonyl (C=O) groups is 1. The van der Waals surface area contributed by atoms with Crippen LogP contribution in [0.5, 0.6) is 11.5 Å². The van der Waals surface area contributed by atoms with E-state index in [-0.39, 0.29) is 5.91 Å². The number of fused-ring (bicyclic) bond motifs is 1. The molecule has 0 radical (unpaired) electrons. The van der Waals surface area contributed by atoms with Crippen molar-refractivity contribution in [3.8, 4) is 11.5 Å². The van der Waals surface area contributed by atoms with Crippen LogP contribution in [-0.4, -0.2) is 35.7 Å². The maximum atomic E-state index is 12.2. The highest BCUT2D eigenvalue weighted by atomic mass is 16.5. The molecule has 3 aromatic rings. The van der Waals surface area contributed by atoms with Crippen molar-refractivity contribution in [1.29, 1.82) is 0 Å². The van der Waals surface area contributed by atoms with E-state index < -0.39 is 0 Å². The fourth-order valence-electron chi connectivity index (χ4n) is 3.62. The van der Waals surface area contributed by atoms with Gasteiger partial charge in [-0.15, -0.1) is 0 Å². The molecule has 29 heavy (non-hydrogen) atoms. The first-order valence-corrected chi connectivity index (χ1v) is 9.89. The van der Waals surface area contributed by atoms with E-state index in [1.54, 1.807) is 7.11 Å². The van der Waals surface area contributed by atoms with Crippen molar-refractivity contribution >= 4 is 5.91 Å². The van der Waals surface area contributed by atoms with Crippen molar-refractivity contribution in [1.82, 2.24) is 14.9 Å². The maximum absolute atomic E-state index is 12.2. The van der Waals surface area contributed by atoms with Crippen LogP contribution in [0.3, 0.4) is 0 Å². The summed E-state index contributed by atoms with van der Waals surface area (Å²) >= 11 is 0. The molecule has 0 bridgehead atoms. The number of imidazole rings is 1. The fourth-order valence-corrected chi connectivity index (χ4v) is 3.62. The smallest absolute Gasteiger partial charge is 0.271 e. The summed E-state index contributed by atoms with van der Waals surface area (Å²) in [6.07, 6.45) is 3.73. The van der Waals surface area contributed by atoms with E-state index in [9.17, 15) is 4.79 Å². The Hall–Kier alpha value is -3.12. The lowest BCUT2D eigenvalue weighted by molar-refractivity contribution is 0.0932. The molecule has 1 unspecified atom stereocenters. The molecule has 0 spiro atoms. The Kier molecular flexibility index (Phi) is 5.91. The van der Waals surface area contributed by atoms with Crippen molar-refractivity contribution < 1.29 is 14.3 Å². The average molecular weight is 391 g/mol. The van der Waals surface area contributed by atoms with Gasteiger partial charge in [0.2, 0.25) is 0 Å². The lowest BCUT2D eigenvalue weighted by Gasteiger charge is -2.24. The van der Waals surface area contributed by atoms with Crippen molar-refractivity contribution in [3.63, 3.8) is 0 Å². The average Bonchev–Trinajstić information content (AvgIpc) is 3.19. The monoisotopic (exact) mass is 391 g/mol. The standard InChI is InChI=1S/C23H25N3O3/c1-28-14-13-24-23(27)21-16-26-15-18(9-12-22(26)25-21)17-7-10-20(11-8-17)29-19-5-3-2-4-6-19/h2-8,10-11,16,18H,9,12-15H2,1H3,(H,24,27). The van der Waals surface area contributed by atoms with Gasteiger partial charge >= 0.3 is 0 Å². The van der Waals surface area contributed by atoms with Crippen LogP contribution in [0.2, 0.25) is 0 Å². The molecule has 1 N–H and O–H groups in total. The molecule has 1 aliphatic rings. The van der Waals surface area contributed by atoms with Crippen molar-refractivity contribution in [2.24, 2.45) is 0 Å². The lowest BCUT2D eigenvalue weighted by Crippen LogP contribution is -2.27. The predicted molar refractivity (Wildman–Crippen MR) is 110 cm³/mol. The number of nitrogens with one attached hydrogen (secondary N) is 1. The van der Waals surface area contributed by atoms with Crippen LogP contribution in [0.4, 0.5) is 0 Å². The Morgan fingerprint density at radius 2 is 1.90 bits per heavy atom. The van der Waals surface area contributed by atoms with Gasteiger partial charge < -0.3 is 19.4 Å². The highest BCUT2D eigenvalue weighted by Gasteiger charge is 2.23. The van der Waals surface area contributed by atoms with Gasteiger partial charge in [0.25, 0.3) is 5.91 Å². The largest absolute Gasteiger partial charge is 0.457 e. The number of methoxy groups -OCH3 is 1. The van der Waals surface area contributed by atoms with Crippen LogP contribution in [0, 0.1) is 0 Å². The van der Waals surface area contributed by atoms with E-state index in [1.165, 1.54) is 5.56 Å². The number of hydrogen-bond donors (Lipinski definition) is 1. The quantitative estimate of drug-likeness (QED) is 0.623. The minimum absolute atomic E-state index is 0.150. The minimum atomic E-state index is -0.150. The number of amides is 1. The van der Waals surface area contributed by atoms with Gasteiger partial charge in [0.15, 0.2) is 0 Å². The van der Waals surface area contributed by atoms with Crippen molar-refractivity contribution in [2.45, 2.75) is 25.3 Å². The molecular formula is C23H25N3O3. The number of carbonyl (C=O) groups excluding carboxylic acids is 1. The molecular weight excluding hydrogens is 366 g/mol. The third kappa shape index (κ3) is 4.66. The van der Waals surface area contributed by atoms with E-state index in [0.717, 1.165) is 36.7 Å². The summed E-state index contributed by atoms with van der Waals surface area (Å²) in [5.41, 5.74) is 1.75. The van der Waals surface area contributed by atoms with E-state index in [0.29, 0.717) is 24.8 Å². The van der Waals surface area contributed by atoms with Gasteiger partial charge in [0.1, 0.15) is 23.0 Å². The Balaban J connectivity index is 1.40. The van der Waals surface area contributed by atoms with Crippen LogP contribution in [0.1, 0.15) is 34.2 Å². The topological polar surface area (TPSA) is 65.4 Å². The highest BCUT2D eigenvalue weighted by Crippen LogP contribution is 2.30. The summed E-state index contributed by atoms with van der Waals surface area (Å²) in [5.74, 6) is 2.88. The molecule has 6 nitrogen and oxygen atoms in total. The summed E-state index contributed by atoms with van der Waals surface area (Å²) in [6.45, 7) is 1.80. The van der Waals surface area contributed by atoms with Gasteiger partial charge in [-0.1, -0.05) is 30.3 Å². The normalized spacial score (nSPS) is 15.6. The fraction of sp³-hybridized carbons (Fsp3) is 0.304. The molecule has 1 amide bonds. The Bertz CT molecular complexity index is 951. The van der Waals surface area contributed by atoms with Crippen LogP contribution in [0.25, 0.3) is 0 Å². The molecule has 0 fully saturated rings. The second kappa shape index (κ2) is 8.92. The van der Waals surface area contributed by atoms with Crippen LogP contribution < -0.4 is 10.1 Å². The number of hydrogen-bond acceptors (Lipinski definition) is 4. The summed E-state index contributed by atoms with van der Waals surface area (Å²) < 4.78 is 12.9. The molecule has 150 valence electrons. The van der Waals surface area contributed by atoms with Crippen molar-refractivity contribution in [3.05, 3.63) is 77.9 Å². The van der Waals surface area contributed by atoms with Crippen LogP contribution >= 0.6 is 0 Å². The zero-order chi connectivity index (χ0) is 20.1. The van der Waals surface area contributed by atoms with Crippen molar-refractivity contribution in [2.75, 3.05) is 20.3 Å². The minimum Gasteiger partial charge on any atom is -0.457 e. The SMILES string of the molecule is COCCNC(=O)c1cn2c(n1)CCC(c1ccc(Oc3ccccc3)cc1)C2. The predicted octanol–water partition coefficient (Wildman–Crippen LogP) is 3.78. The van der Waals surface area contributed by atoms with Crippen LogP contribution in [0.15, 0.2) is 60.8 Å². The maximum Gasteiger partial charge on any atom is 0.271 e. The van der Waals surface area contributed by atoms with Crippen LogP contribution in [-0.2, 0) is 17.7 Å². The summed E-state index contributed by atoms with van der Waals surface area (Å²) in [4.78, 5) is 16.7. The number of para-hydroxylation sites is 1. The van der Waals surface area contributed by atoms with E-state index >= 15 is 0 Å². The third-order valence-corrected chi connectivity index (χ3v) is 5.15. The van der Waals surface area contributed by atoms with Gasteiger partial charge in [0.05, 0.1) is 6.61 Å². The Morgan fingerprint density at radius 1 is 1.14 bits per heavy atom. The molecule has 0 saturated carbocycles. The van der Waals surface area contributed by atoms with E-state index in [2.05, 4.69) is 27.0 Å². The number of nitrogens with zero attached hydrogens (tertiary/aromatic N) is 2. The molecule has 1 aromatic heterocycles. The molecule has 0 aliphatic carbocycles. The Labute approximate surface area is 170 Å². The first kappa shape index (κ1) is 19.2. The zero-order valence-electron chi connectivity index (χ0n) is 16.5. The van der Waals surface area contributed by atoms with E-state index in [1.807, 2.05) is 48.7 Å². The molecule has 4 rings (SSSR count). The summed E-state index contributed by atoms with van der Waals surface area (Å²) in [6, 6.07) is 18.1. The van der Waals surface area contributed by atoms with Gasteiger partial charge in [0, 0.05) is 38.7 Å². The third-order valence-electron chi connectivity index (χ3n) is 5.15. The van der Waals surface area contributed by atoms with Gasteiger partial charge in [-0.25, -0.2) is 4.98 Å². The molecule has 6 heteroatoms. The summed E-state index contributed by atoms with van der Waals surface area (Å²) in [7, 11) is 1.61. The summed E-state index contributed by atoms with van der Waals surface area (Å²) in [5, 5.41) is 2.82. The molecule has 1 atom stereocenters. The molecule has 2 aromatic carbocycles. The second-order valence-corrected chi connectivity index (χ2v) is 7.16. The number of ether oxygens (including phenoxy) is 2. The molecule has 1 aliphatic heterocycles. The first-order chi connectivity index (χ1) is 14.2. The number of aryl methyl sites for hydroxylation is 1. The van der Waals surface area contributed by atoms with Gasteiger partial charge in [-0.2, -0.15) is 0 Å². The van der Waals surface area contributed by atoms with Gasteiger partial charge in [-0.3, -0.25) is 4.79 Å². The zero-order valence-corrected chi connectivity index (χ0v) is 16.5.